The summed E-state index contributed by atoms with van der Waals surface area (Å²) >= 11 is 0. The Hall–Kier alpha value is -2.58. The van der Waals surface area contributed by atoms with Gasteiger partial charge in [0, 0.05) is 12.6 Å². The Bertz CT molecular complexity index is 990. The van der Waals surface area contributed by atoms with Crippen molar-refractivity contribution >= 4 is 21.6 Å². The lowest BCUT2D eigenvalue weighted by Crippen LogP contribution is -2.43. The van der Waals surface area contributed by atoms with Gasteiger partial charge >= 0.3 is 0 Å². The molecule has 1 saturated heterocycles. The summed E-state index contributed by atoms with van der Waals surface area (Å²) in [6, 6.07) is 11.3. The molecule has 1 aliphatic rings. The number of ether oxygens (including phenoxy) is 2. The van der Waals surface area contributed by atoms with Crippen LogP contribution in [0.5, 0.6) is 11.5 Å². The van der Waals surface area contributed by atoms with Gasteiger partial charge in [-0.2, -0.15) is 4.31 Å². The van der Waals surface area contributed by atoms with E-state index >= 15 is 0 Å². The number of nitrogens with one attached hydrogen (secondary N) is 1. The second-order valence-corrected chi connectivity index (χ2v) is 8.68. The number of hydrogen-bond donors (Lipinski definition) is 1. The van der Waals surface area contributed by atoms with E-state index < -0.39 is 16.1 Å². The van der Waals surface area contributed by atoms with E-state index in [1.165, 1.54) is 17.5 Å². The molecule has 1 amide bonds. The van der Waals surface area contributed by atoms with E-state index in [-0.39, 0.29) is 10.8 Å². The number of anilines is 1. The fourth-order valence-corrected chi connectivity index (χ4v) is 5.37. The highest BCUT2D eigenvalue weighted by Crippen LogP contribution is 2.31. The lowest BCUT2D eigenvalue weighted by molar-refractivity contribution is -0.119. The molecular weight excluding hydrogens is 392 g/mol. The van der Waals surface area contributed by atoms with Crippen molar-refractivity contribution in [1.82, 2.24) is 4.31 Å². The van der Waals surface area contributed by atoms with Gasteiger partial charge in [-0.05, 0) is 50.5 Å². The molecule has 1 atom stereocenters. The molecule has 0 unspecified atom stereocenters. The van der Waals surface area contributed by atoms with Crippen LogP contribution in [0.3, 0.4) is 0 Å². The zero-order valence-electron chi connectivity index (χ0n) is 16.8. The van der Waals surface area contributed by atoms with Crippen LogP contribution in [0.1, 0.15) is 25.3 Å². The first-order valence-corrected chi connectivity index (χ1v) is 11.0. The molecule has 1 heterocycles. The van der Waals surface area contributed by atoms with E-state index in [9.17, 15) is 13.2 Å². The molecule has 0 saturated carbocycles. The molecular formula is C21H26N2O5S. The van der Waals surface area contributed by atoms with Gasteiger partial charge in [-0.1, -0.05) is 18.2 Å². The number of rotatable bonds is 7. The average Bonchev–Trinajstić information content (AvgIpc) is 3.21. The molecule has 7 nitrogen and oxygen atoms in total. The third kappa shape index (κ3) is 4.38. The molecule has 1 fully saturated rings. The maximum Gasteiger partial charge on any atom is 0.244 e. The highest BCUT2D eigenvalue weighted by Gasteiger charge is 2.40. The molecule has 0 spiro atoms. The van der Waals surface area contributed by atoms with Crippen LogP contribution in [0.15, 0.2) is 47.4 Å². The number of para-hydroxylation sites is 2. The molecule has 0 aromatic heterocycles. The topological polar surface area (TPSA) is 84.9 Å². The zero-order valence-corrected chi connectivity index (χ0v) is 17.7. The van der Waals surface area contributed by atoms with E-state index in [0.29, 0.717) is 48.7 Å². The first-order valence-electron chi connectivity index (χ1n) is 9.57. The van der Waals surface area contributed by atoms with Crippen molar-refractivity contribution in [2.45, 2.75) is 37.6 Å². The van der Waals surface area contributed by atoms with Crippen LogP contribution in [0.4, 0.5) is 5.69 Å². The van der Waals surface area contributed by atoms with Gasteiger partial charge in [-0.15, -0.1) is 0 Å². The van der Waals surface area contributed by atoms with Crippen LogP contribution < -0.4 is 14.8 Å². The van der Waals surface area contributed by atoms with Crippen molar-refractivity contribution in [2.24, 2.45) is 0 Å². The second-order valence-electron chi connectivity index (χ2n) is 6.82. The van der Waals surface area contributed by atoms with Crippen molar-refractivity contribution in [3.8, 4) is 11.5 Å². The Balaban J connectivity index is 1.87. The lowest BCUT2D eigenvalue weighted by atomic mass is 10.2. The van der Waals surface area contributed by atoms with Crippen molar-refractivity contribution < 1.29 is 22.7 Å². The normalized spacial score (nSPS) is 17.1. The van der Waals surface area contributed by atoms with E-state index in [2.05, 4.69) is 5.32 Å². The Morgan fingerprint density at radius 2 is 2.00 bits per heavy atom. The highest BCUT2D eigenvalue weighted by atomic mass is 32.2. The summed E-state index contributed by atoms with van der Waals surface area (Å²) in [7, 11) is -2.36. The van der Waals surface area contributed by atoms with Gasteiger partial charge in [0.1, 0.15) is 17.5 Å². The van der Waals surface area contributed by atoms with Crippen molar-refractivity contribution in [3.63, 3.8) is 0 Å². The first kappa shape index (κ1) is 21.1. The Labute approximate surface area is 171 Å². The SMILES string of the molecule is CCOc1ccccc1NC(=O)[C@H]1CCCN1S(=O)(=O)c1cc(OC)ccc1C. The summed E-state index contributed by atoms with van der Waals surface area (Å²) in [6.45, 7) is 4.35. The van der Waals surface area contributed by atoms with Crippen LogP contribution in [-0.4, -0.2) is 44.9 Å². The van der Waals surface area contributed by atoms with Crippen LogP contribution in [-0.2, 0) is 14.8 Å². The second kappa shape index (κ2) is 8.84. The standard InChI is InChI=1S/C21H26N2O5S/c1-4-28-19-10-6-5-8-17(19)22-21(24)18-9-7-13-23(18)29(25,26)20-14-16(27-3)12-11-15(20)2/h5-6,8,10-12,14,18H,4,7,9,13H2,1-3H3,(H,22,24)/t18-/m1/s1. The Morgan fingerprint density at radius 3 is 2.72 bits per heavy atom. The van der Waals surface area contributed by atoms with Crippen molar-refractivity contribution in [2.75, 3.05) is 25.6 Å². The summed E-state index contributed by atoms with van der Waals surface area (Å²) in [5.74, 6) is 0.651. The maximum atomic E-state index is 13.3. The van der Waals surface area contributed by atoms with E-state index in [0.717, 1.165) is 0 Å². The molecule has 2 aromatic rings. The number of nitrogens with zero attached hydrogens (tertiary/aromatic N) is 1. The Morgan fingerprint density at radius 1 is 1.24 bits per heavy atom. The first-order chi connectivity index (χ1) is 13.9. The number of carbonyl (C=O) groups is 1. The minimum absolute atomic E-state index is 0.159. The predicted molar refractivity (Wildman–Crippen MR) is 111 cm³/mol. The van der Waals surface area contributed by atoms with Gasteiger partial charge in [0.2, 0.25) is 15.9 Å². The molecule has 1 N–H and O–H groups in total. The minimum Gasteiger partial charge on any atom is -0.497 e. The molecule has 156 valence electrons. The molecule has 0 bridgehead atoms. The molecule has 8 heteroatoms. The van der Waals surface area contributed by atoms with Gasteiger partial charge < -0.3 is 14.8 Å². The van der Waals surface area contributed by atoms with Crippen LogP contribution in [0.25, 0.3) is 0 Å². The van der Waals surface area contributed by atoms with Crippen LogP contribution >= 0.6 is 0 Å². The predicted octanol–water partition coefficient (Wildman–Crippen LogP) is 3.19. The Kier molecular flexibility index (Phi) is 6.44. The number of methoxy groups -OCH3 is 1. The van der Waals surface area contributed by atoms with Gasteiger partial charge in [-0.25, -0.2) is 8.42 Å². The fraction of sp³-hybridized carbons (Fsp3) is 0.381. The largest absolute Gasteiger partial charge is 0.497 e. The van der Waals surface area contributed by atoms with Gasteiger partial charge in [-0.3, -0.25) is 4.79 Å². The van der Waals surface area contributed by atoms with Gasteiger partial charge in [0.15, 0.2) is 0 Å². The zero-order chi connectivity index (χ0) is 21.0. The van der Waals surface area contributed by atoms with Crippen molar-refractivity contribution in [3.05, 3.63) is 48.0 Å². The summed E-state index contributed by atoms with van der Waals surface area (Å²) in [6.07, 6.45) is 1.08. The molecule has 3 rings (SSSR count). The summed E-state index contributed by atoms with van der Waals surface area (Å²) < 4.78 is 38.7. The number of sulfonamides is 1. The maximum absolute atomic E-state index is 13.3. The number of hydrogen-bond acceptors (Lipinski definition) is 5. The third-order valence-corrected chi connectivity index (χ3v) is 6.98. The van der Waals surface area contributed by atoms with E-state index in [4.69, 9.17) is 9.47 Å². The van der Waals surface area contributed by atoms with E-state index in [1.54, 1.807) is 37.3 Å². The smallest absolute Gasteiger partial charge is 0.244 e. The highest BCUT2D eigenvalue weighted by molar-refractivity contribution is 7.89. The van der Waals surface area contributed by atoms with Crippen LogP contribution in [0.2, 0.25) is 0 Å². The summed E-state index contributed by atoms with van der Waals surface area (Å²) in [5.41, 5.74) is 1.14. The monoisotopic (exact) mass is 418 g/mol. The summed E-state index contributed by atoms with van der Waals surface area (Å²) in [5, 5.41) is 2.83. The minimum atomic E-state index is -3.85. The number of amides is 1. The molecule has 29 heavy (non-hydrogen) atoms. The molecule has 2 aromatic carbocycles. The van der Waals surface area contributed by atoms with Crippen LogP contribution in [0, 0.1) is 6.92 Å². The average molecular weight is 419 g/mol. The van der Waals surface area contributed by atoms with Crippen molar-refractivity contribution in [1.29, 1.82) is 0 Å². The fourth-order valence-electron chi connectivity index (χ4n) is 3.47. The lowest BCUT2D eigenvalue weighted by Gasteiger charge is -2.24. The number of aryl methyl sites for hydroxylation is 1. The number of carbonyl (C=O) groups excluding carboxylic acids is 1. The third-order valence-electron chi connectivity index (χ3n) is 4.93. The van der Waals surface area contributed by atoms with E-state index in [1.807, 2.05) is 13.0 Å². The summed E-state index contributed by atoms with van der Waals surface area (Å²) in [4.78, 5) is 13.1. The quantitative estimate of drug-likeness (QED) is 0.746. The van der Waals surface area contributed by atoms with Gasteiger partial charge in [0.05, 0.1) is 24.3 Å². The molecule has 0 radical (unpaired) electrons. The number of benzene rings is 2. The van der Waals surface area contributed by atoms with Gasteiger partial charge in [0.25, 0.3) is 0 Å². The molecule has 0 aliphatic carbocycles. The molecule has 1 aliphatic heterocycles.